The van der Waals surface area contributed by atoms with Gasteiger partial charge in [0.15, 0.2) is 0 Å². The fourth-order valence-electron chi connectivity index (χ4n) is 15.8. The van der Waals surface area contributed by atoms with Gasteiger partial charge in [0.05, 0.1) is 66.9 Å². The molecular weight excluding hydrogens is 1250 g/mol. The van der Waals surface area contributed by atoms with E-state index in [9.17, 15) is 0 Å². The Labute approximate surface area is 582 Å². The summed E-state index contributed by atoms with van der Waals surface area (Å²) in [5.41, 5.74) is 21.9. The lowest BCUT2D eigenvalue weighted by Crippen LogP contribution is -2.05. The summed E-state index contributed by atoms with van der Waals surface area (Å²) in [5.74, 6) is 1.23. The summed E-state index contributed by atoms with van der Waals surface area (Å²) >= 11 is 0. The molecule has 0 radical (unpaired) electrons. The highest BCUT2D eigenvalue weighted by atomic mass is 16.3. The van der Waals surface area contributed by atoms with E-state index in [1.54, 1.807) is 0 Å². The molecule has 102 heavy (non-hydrogen) atoms. The van der Waals surface area contributed by atoms with Gasteiger partial charge in [-0.05, 0) is 97.1 Å². The van der Waals surface area contributed by atoms with Gasteiger partial charge in [-0.25, -0.2) is 19.9 Å². The highest BCUT2D eigenvalue weighted by molar-refractivity contribution is 6.25. The SMILES string of the molecule is c1ccc(-c2cc(-c3ccc4oc5ccccc5c4c3)nc(-n3c4ccccc4c4ccc5c6ccccc6n(-c6ccccc6)c5c43)n2)cc1.c1ccc(-c2cc(-c3cccc4oc5ccccc5c34)nc(-n3c4ccccc4c4ccc5c6ccccc6n(-c6ccccc6)c5c43)n2)cc1. The van der Waals surface area contributed by atoms with E-state index in [1.165, 1.54) is 21.5 Å². The molecule has 0 aliphatic heterocycles. The Hall–Kier alpha value is -14.0. The number of rotatable bonds is 8. The molecule has 0 bridgehead atoms. The number of hydrogen-bond donors (Lipinski definition) is 0. The standard InChI is InChI=1S/2C46H28N4O/c1-3-14-29(15-4-1)37-28-38(35-21-13-25-42-43(35)36-20-9-12-24-41(36)51-42)48-46(47-37)50-40-23-11-8-19-32(40)34-27-26-33-31-18-7-10-22-39(31)49(44(33)45(34)50)30-16-5-2-6-17-30;1-3-13-29(14-4-1)38-28-39(30-23-26-43-37(27-30)34-19-9-12-22-42(34)51-43)48-46(47-38)50-41-21-11-8-18-33(41)36-25-24-35-32-17-7-10-20-40(32)49(44(35)45(36)50)31-15-5-2-6-16-31/h2*1-28H. The highest BCUT2D eigenvalue weighted by Gasteiger charge is 2.27. The number of aromatic nitrogens is 8. The van der Waals surface area contributed by atoms with E-state index in [4.69, 9.17) is 28.8 Å². The van der Waals surface area contributed by atoms with E-state index >= 15 is 0 Å². The minimum absolute atomic E-state index is 0.611. The smallest absolute Gasteiger partial charge is 0.235 e. The average Bonchev–Trinajstić information content (AvgIpc) is 1.55. The van der Waals surface area contributed by atoms with Crippen LogP contribution in [0.1, 0.15) is 0 Å². The van der Waals surface area contributed by atoms with Crippen molar-refractivity contribution in [1.82, 2.24) is 38.2 Å². The van der Waals surface area contributed by atoms with E-state index in [-0.39, 0.29) is 0 Å². The van der Waals surface area contributed by atoms with E-state index < -0.39 is 0 Å². The third-order valence-electron chi connectivity index (χ3n) is 20.3. The first kappa shape index (κ1) is 57.1. The summed E-state index contributed by atoms with van der Waals surface area (Å²) in [7, 11) is 0. The van der Waals surface area contributed by atoms with Gasteiger partial charge in [0, 0.05) is 98.3 Å². The second-order valence-corrected chi connectivity index (χ2v) is 26.0. The summed E-state index contributed by atoms with van der Waals surface area (Å²) in [5, 5.41) is 13.6. The Morgan fingerprint density at radius 2 is 0.549 bits per heavy atom. The Kier molecular flexibility index (Phi) is 12.8. The van der Waals surface area contributed by atoms with Crippen LogP contribution in [0.5, 0.6) is 0 Å². The molecule has 22 rings (SSSR count). The van der Waals surface area contributed by atoms with Crippen molar-refractivity contribution in [2.24, 2.45) is 0 Å². The molecule has 476 valence electrons. The Morgan fingerprint density at radius 3 is 1.04 bits per heavy atom. The quantitative estimate of drug-likeness (QED) is 0.150. The van der Waals surface area contributed by atoms with Gasteiger partial charge in [-0.3, -0.25) is 9.13 Å². The number of benzene rings is 14. The Balaban J connectivity index is 0.000000133. The number of para-hydroxylation sites is 8. The summed E-state index contributed by atoms with van der Waals surface area (Å²) in [4.78, 5) is 21.6. The van der Waals surface area contributed by atoms with E-state index in [0.717, 1.165) is 166 Å². The molecule has 0 amide bonds. The number of hydrogen-bond acceptors (Lipinski definition) is 6. The van der Waals surface area contributed by atoms with Crippen LogP contribution >= 0.6 is 0 Å². The van der Waals surface area contributed by atoms with Crippen molar-refractivity contribution < 1.29 is 8.83 Å². The molecule has 8 aromatic heterocycles. The predicted molar refractivity (Wildman–Crippen MR) is 418 cm³/mol. The van der Waals surface area contributed by atoms with E-state index in [0.29, 0.717) is 11.9 Å². The van der Waals surface area contributed by atoms with Gasteiger partial charge < -0.3 is 18.0 Å². The Bertz CT molecular complexity index is 7120. The molecule has 0 N–H and O–H groups in total. The molecule has 0 aliphatic rings. The lowest BCUT2D eigenvalue weighted by Gasteiger charge is -2.14. The zero-order chi connectivity index (χ0) is 66.9. The summed E-state index contributed by atoms with van der Waals surface area (Å²) in [6, 6.07) is 119. The van der Waals surface area contributed by atoms with Crippen LogP contribution in [0.25, 0.3) is 199 Å². The second kappa shape index (κ2) is 22.8. The van der Waals surface area contributed by atoms with Crippen LogP contribution in [0.3, 0.4) is 0 Å². The second-order valence-electron chi connectivity index (χ2n) is 26.0. The number of furan rings is 2. The van der Waals surface area contributed by atoms with Gasteiger partial charge >= 0.3 is 0 Å². The summed E-state index contributed by atoms with van der Waals surface area (Å²) < 4.78 is 21.8. The summed E-state index contributed by atoms with van der Waals surface area (Å²) in [6.07, 6.45) is 0. The fourth-order valence-corrected chi connectivity index (χ4v) is 15.8. The molecule has 0 spiro atoms. The normalized spacial score (nSPS) is 11.9. The number of nitrogens with zero attached hydrogens (tertiary/aromatic N) is 8. The number of fused-ring (bicyclic) bond motifs is 20. The van der Waals surface area contributed by atoms with Gasteiger partial charge in [-0.15, -0.1) is 0 Å². The van der Waals surface area contributed by atoms with Crippen LogP contribution in [-0.2, 0) is 0 Å². The minimum Gasteiger partial charge on any atom is -0.456 e. The van der Waals surface area contributed by atoms with Gasteiger partial charge in [0.1, 0.15) is 22.3 Å². The molecule has 0 fully saturated rings. The van der Waals surface area contributed by atoms with Crippen LogP contribution in [-0.4, -0.2) is 38.2 Å². The zero-order valence-electron chi connectivity index (χ0n) is 54.7. The summed E-state index contributed by atoms with van der Waals surface area (Å²) in [6.45, 7) is 0. The monoisotopic (exact) mass is 1300 g/mol. The topological polar surface area (TPSA) is 97.6 Å². The molecular formula is C92H56N8O2. The van der Waals surface area contributed by atoms with Gasteiger partial charge in [-0.2, -0.15) is 0 Å². The fraction of sp³-hybridized carbons (Fsp3) is 0. The van der Waals surface area contributed by atoms with Crippen LogP contribution < -0.4 is 0 Å². The van der Waals surface area contributed by atoms with Crippen molar-refractivity contribution in [2.75, 3.05) is 0 Å². The van der Waals surface area contributed by atoms with Crippen molar-refractivity contribution in [3.05, 3.63) is 340 Å². The molecule has 22 aromatic rings. The van der Waals surface area contributed by atoms with Gasteiger partial charge in [0.25, 0.3) is 0 Å². The highest BCUT2D eigenvalue weighted by Crippen LogP contribution is 2.46. The largest absolute Gasteiger partial charge is 0.456 e. The lowest BCUT2D eigenvalue weighted by atomic mass is 10.0. The minimum atomic E-state index is 0.611. The van der Waals surface area contributed by atoms with Crippen molar-refractivity contribution in [3.8, 4) is 68.3 Å². The van der Waals surface area contributed by atoms with E-state index in [2.05, 4.69) is 309 Å². The molecule has 0 saturated carbocycles. The molecule has 0 aliphatic carbocycles. The first-order valence-corrected chi connectivity index (χ1v) is 34.4. The van der Waals surface area contributed by atoms with Crippen LogP contribution in [0, 0.1) is 0 Å². The zero-order valence-corrected chi connectivity index (χ0v) is 54.7. The van der Waals surface area contributed by atoms with Gasteiger partial charge in [0.2, 0.25) is 11.9 Å². The molecule has 10 heteroatoms. The molecule has 0 unspecified atom stereocenters. The third kappa shape index (κ3) is 8.86. The first-order valence-electron chi connectivity index (χ1n) is 34.4. The third-order valence-corrected chi connectivity index (χ3v) is 20.3. The van der Waals surface area contributed by atoms with Crippen LogP contribution in [0.2, 0.25) is 0 Å². The van der Waals surface area contributed by atoms with Crippen molar-refractivity contribution >= 4 is 131 Å². The Morgan fingerprint density at radius 1 is 0.206 bits per heavy atom. The maximum atomic E-state index is 6.33. The molecule has 14 aromatic carbocycles. The van der Waals surface area contributed by atoms with Crippen LogP contribution in [0.4, 0.5) is 0 Å². The maximum absolute atomic E-state index is 6.33. The maximum Gasteiger partial charge on any atom is 0.235 e. The predicted octanol–water partition coefficient (Wildman–Crippen LogP) is 23.8. The average molecular weight is 1310 g/mol. The molecule has 0 saturated heterocycles. The first-order chi connectivity index (χ1) is 50.6. The molecule has 10 nitrogen and oxygen atoms in total. The van der Waals surface area contributed by atoms with E-state index in [1.807, 2.05) is 48.5 Å². The van der Waals surface area contributed by atoms with Crippen molar-refractivity contribution in [1.29, 1.82) is 0 Å². The van der Waals surface area contributed by atoms with Gasteiger partial charge in [-0.1, -0.05) is 243 Å². The lowest BCUT2D eigenvalue weighted by molar-refractivity contribution is 0.668. The van der Waals surface area contributed by atoms with Crippen molar-refractivity contribution in [3.63, 3.8) is 0 Å². The van der Waals surface area contributed by atoms with Crippen LogP contribution in [0.15, 0.2) is 349 Å². The van der Waals surface area contributed by atoms with Crippen molar-refractivity contribution in [2.45, 2.75) is 0 Å². The molecule has 8 heterocycles. The molecule has 0 atom stereocenters.